The maximum Gasteiger partial charge on any atom is 0.233 e. The largest absolute Gasteiger partial charge is 0.394 e. The molecule has 18 heavy (non-hydrogen) atoms. The van der Waals surface area contributed by atoms with E-state index in [1.54, 1.807) is 26.0 Å². The molecule has 0 aromatic heterocycles. The van der Waals surface area contributed by atoms with Gasteiger partial charge in [-0.3, -0.25) is 4.79 Å². The number of carbonyl (C=O) groups excluding carboxylic acids is 1. The monoisotopic (exact) mass is 287 g/mol. The topological polar surface area (TPSA) is 49.3 Å². The van der Waals surface area contributed by atoms with E-state index in [-0.39, 0.29) is 17.8 Å². The van der Waals surface area contributed by atoms with E-state index in [4.69, 9.17) is 16.7 Å². The number of amides is 1. The average Bonchev–Trinajstić information content (AvgIpc) is 2.31. The molecular formula is C13H18ClNO2S. The summed E-state index contributed by atoms with van der Waals surface area (Å²) < 4.78 is 0. The standard InChI is InChI=1S/C13H18ClNO2S/c1-9(12(17)15-13(2,3)8-16)18-11-6-4-10(14)5-7-11/h4-7,9,16H,8H2,1-3H3,(H,15,17). The Balaban J connectivity index is 2.57. The maximum absolute atomic E-state index is 11.9. The molecular weight excluding hydrogens is 270 g/mol. The highest BCUT2D eigenvalue weighted by Crippen LogP contribution is 2.25. The Kier molecular flexibility index (Phi) is 5.50. The highest BCUT2D eigenvalue weighted by molar-refractivity contribution is 8.00. The van der Waals surface area contributed by atoms with Crippen molar-refractivity contribution in [3.05, 3.63) is 29.3 Å². The first-order valence-electron chi connectivity index (χ1n) is 5.69. The number of halogens is 1. The van der Waals surface area contributed by atoms with Crippen LogP contribution in [0.15, 0.2) is 29.2 Å². The summed E-state index contributed by atoms with van der Waals surface area (Å²) in [5.41, 5.74) is -0.591. The van der Waals surface area contributed by atoms with Crippen molar-refractivity contribution in [1.29, 1.82) is 0 Å². The first-order chi connectivity index (χ1) is 8.34. The van der Waals surface area contributed by atoms with E-state index in [9.17, 15) is 4.79 Å². The number of carbonyl (C=O) groups is 1. The Hall–Kier alpha value is -0.710. The van der Waals surface area contributed by atoms with E-state index >= 15 is 0 Å². The molecule has 0 aliphatic rings. The highest BCUT2D eigenvalue weighted by atomic mass is 35.5. The highest BCUT2D eigenvalue weighted by Gasteiger charge is 2.23. The van der Waals surface area contributed by atoms with Gasteiger partial charge in [0.15, 0.2) is 0 Å². The van der Waals surface area contributed by atoms with Crippen LogP contribution in [0.2, 0.25) is 5.02 Å². The number of benzene rings is 1. The smallest absolute Gasteiger partial charge is 0.233 e. The van der Waals surface area contributed by atoms with Crippen LogP contribution in [-0.2, 0) is 4.79 Å². The normalized spacial score (nSPS) is 13.2. The van der Waals surface area contributed by atoms with Crippen molar-refractivity contribution in [3.63, 3.8) is 0 Å². The second kappa shape index (κ2) is 6.45. The molecule has 0 heterocycles. The summed E-state index contributed by atoms with van der Waals surface area (Å²) in [5.74, 6) is -0.0889. The second-order valence-electron chi connectivity index (χ2n) is 4.75. The van der Waals surface area contributed by atoms with Gasteiger partial charge in [-0.2, -0.15) is 0 Å². The van der Waals surface area contributed by atoms with Crippen molar-refractivity contribution in [3.8, 4) is 0 Å². The van der Waals surface area contributed by atoms with Crippen molar-refractivity contribution >= 4 is 29.3 Å². The number of aliphatic hydroxyl groups is 1. The third kappa shape index (κ3) is 4.88. The van der Waals surface area contributed by atoms with Gasteiger partial charge in [0.05, 0.1) is 17.4 Å². The van der Waals surface area contributed by atoms with Crippen LogP contribution in [0.4, 0.5) is 0 Å². The molecule has 1 amide bonds. The molecule has 0 spiro atoms. The summed E-state index contributed by atoms with van der Waals surface area (Å²) in [6.45, 7) is 5.31. The Bertz CT molecular complexity index is 406. The molecule has 3 nitrogen and oxygen atoms in total. The molecule has 1 aromatic rings. The molecule has 0 bridgehead atoms. The summed E-state index contributed by atoms with van der Waals surface area (Å²) >= 11 is 7.26. The van der Waals surface area contributed by atoms with Gasteiger partial charge >= 0.3 is 0 Å². The molecule has 0 saturated carbocycles. The summed E-state index contributed by atoms with van der Waals surface area (Å²) in [5, 5.41) is 12.4. The van der Waals surface area contributed by atoms with Gasteiger partial charge < -0.3 is 10.4 Å². The lowest BCUT2D eigenvalue weighted by Crippen LogP contribution is -2.48. The Morgan fingerprint density at radius 3 is 2.50 bits per heavy atom. The Morgan fingerprint density at radius 2 is 2.00 bits per heavy atom. The maximum atomic E-state index is 11.9. The first kappa shape index (κ1) is 15.3. The van der Waals surface area contributed by atoms with Gasteiger partial charge in [0.25, 0.3) is 0 Å². The fraction of sp³-hybridized carbons (Fsp3) is 0.462. The number of hydrogen-bond donors (Lipinski definition) is 2. The Morgan fingerprint density at radius 1 is 1.44 bits per heavy atom. The molecule has 0 saturated heterocycles. The van der Waals surface area contributed by atoms with E-state index in [2.05, 4.69) is 5.32 Å². The molecule has 0 fully saturated rings. The lowest BCUT2D eigenvalue weighted by Gasteiger charge is -2.25. The predicted molar refractivity (Wildman–Crippen MR) is 76.1 cm³/mol. The summed E-state index contributed by atoms with van der Waals surface area (Å²) in [6, 6.07) is 7.36. The lowest BCUT2D eigenvalue weighted by molar-refractivity contribution is -0.122. The van der Waals surface area contributed by atoms with Crippen LogP contribution in [0, 0.1) is 0 Å². The number of aliphatic hydroxyl groups excluding tert-OH is 1. The van der Waals surface area contributed by atoms with Crippen LogP contribution in [0.5, 0.6) is 0 Å². The summed E-state index contributed by atoms with van der Waals surface area (Å²) in [4.78, 5) is 12.9. The van der Waals surface area contributed by atoms with Crippen LogP contribution >= 0.6 is 23.4 Å². The number of nitrogens with one attached hydrogen (secondary N) is 1. The minimum absolute atomic E-state index is 0.0862. The first-order valence-corrected chi connectivity index (χ1v) is 6.95. The third-order valence-electron chi connectivity index (χ3n) is 2.35. The predicted octanol–water partition coefficient (Wildman–Crippen LogP) is 2.71. The van der Waals surface area contributed by atoms with Crippen LogP contribution in [0.3, 0.4) is 0 Å². The molecule has 1 unspecified atom stereocenters. The zero-order valence-electron chi connectivity index (χ0n) is 10.7. The van der Waals surface area contributed by atoms with Gasteiger partial charge in [-0.1, -0.05) is 11.6 Å². The Labute approximate surface area is 117 Å². The van der Waals surface area contributed by atoms with Gasteiger partial charge in [-0.05, 0) is 45.0 Å². The molecule has 1 rings (SSSR count). The minimum Gasteiger partial charge on any atom is -0.394 e. The summed E-state index contributed by atoms with van der Waals surface area (Å²) in [7, 11) is 0. The fourth-order valence-corrected chi connectivity index (χ4v) is 2.24. The SMILES string of the molecule is CC(Sc1ccc(Cl)cc1)C(=O)NC(C)(C)CO. The van der Waals surface area contributed by atoms with Crippen molar-refractivity contribution in [2.45, 2.75) is 36.5 Å². The van der Waals surface area contributed by atoms with Crippen LogP contribution < -0.4 is 5.32 Å². The van der Waals surface area contributed by atoms with Crippen molar-refractivity contribution in [2.75, 3.05) is 6.61 Å². The van der Waals surface area contributed by atoms with Crippen molar-refractivity contribution in [1.82, 2.24) is 5.32 Å². The molecule has 1 atom stereocenters. The lowest BCUT2D eigenvalue weighted by atomic mass is 10.1. The van der Waals surface area contributed by atoms with Gasteiger partial charge in [0.1, 0.15) is 0 Å². The van der Waals surface area contributed by atoms with E-state index in [0.29, 0.717) is 5.02 Å². The zero-order valence-corrected chi connectivity index (χ0v) is 12.3. The number of thioether (sulfide) groups is 1. The van der Waals surface area contributed by atoms with Gasteiger partial charge in [0, 0.05) is 9.92 Å². The van der Waals surface area contributed by atoms with Crippen molar-refractivity contribution < 1.29 is 9.90 Å². The van der Waals surface area contributed by atoms with Gasteiger partial charge in [-0.25, -0.2) is 0 Å². The molecule has 2 N–H and O–H groups in total. The van der Waals surface area contributed by atoms with E-state index in [1.165, 1.54) is 11.8 Å². The number of rotatable bonds is 5. The van der Waals surface area contributed by atoms with Crippen molar-refractivity contribution in [2.24, 2.45) is 0 Å². The minimum atomic E-state index is -0.591. The van der Waals surface area contributed by atoms with E-state index in [0.717, 1.165) is 4.90 Å². The number of hydrogen-bond acceptors (Lipinski definition) is 3. The molecule has 0 aliphatic carbocycles. The fourth-order valence-electron chi connectivity index (χ4n) is 1.25. The third-order valence-corrected chi connectivity index (χ3v) is 3.72. The second-order valence-corrected chi connectivity index (χ2v) is 6.60. The van der Waals surface area contributed by atoms with E-state index < -0.39 is 5.54 Å². The van der Waals surface area contributed by atoms with Gasteiger partial charge in [0.2, 0.25) is 5.91 Å². The molecule has 5 heteroatoms. The molecule has 0 radical (unpaired) electrons. The quantitative estimate of drug-likeness (QED) is 0.819. The molecule has 100 valence electrons. The molecule has 0 aliphatic heterocycles. The van der Waals surface area contributed by atoms with Crippen LogP contribution in [-0.4, -0.2) is 28.4 Å². The average molecular weight is 288 g/mol. The molecule has 1 aromatic carbocycles. The zero-order chi connectivity index (χ0) is 13.8. The van der Waals surface area contributed by atoms with Crippen LogP contribution in [0.25, 0.3) is 0 Å². The van der Waals surface area contributed by atoms with Gasteiger partial charge in [-0.15, -0.1) is 11.8 Å². The van der Waals surface area contributed by atoms with Crippen LogP contribution in [0.1, 0.15) is 20.8 Å². The van der Waals surface area contributed by atoms with E-state index in [1.807, 2.05) is 19.1 Å². The summed E-state index contributed by atoms with van der Waals surface area (Å²) in [6.07, 6.45) is 0.